The van der Waals surface area contributed by atoms with Gasteiger partial charge in [-0.05, 0) is 45.2 Å². The van der Waals surface area contributed by atoms with Gasteiger partial charge in [-0.2, -0.15) is 0 Å². The van der Waals surface area contributed by atoms with Crippen molar-refractivity contribution >= 4 is 28.8 Å². The lowest BCUT2D eigenvalue weighted by Crippen LogP contribution is -2.51. The summed E-state index contributed by atoms with van der Waals surface area (Å²) in [5.74, 6) is -0.515. The Morgan fingerprint density at radius 3 is 2.48 bits per heavy atom. The monoisotopic (exact) mass is 428 g/mol. The highest BCUT2D eigenvalue weighted by atomic mass is 16.6. The van der Waals surface area contributed by atoms with Crippen LogP contribution >= 0.6 is 0 Å². The molecule has 3 amide bonds. The Morgan fingerprint density at radius 2 is 1.81 bits per heavy atom. The summed E-state index contributed by atoms with van der Waals surface area (Å²) >= 11 is 0. The zero-order chi connectivity index (χ0) is 22.6. The maximum Gasteiger partial charge on any atom is 0.408 e. The van der Waals surface area contributed by atoms with Gasteiger partial charge < -0.3 is 24.8 Å². The molecule has 0 bridgehead atoms. The lowest BCUT2D eigenvalue weighted by molar-refractivity contribution is -0.132. The van der Waals surface area contributed by atoms with Crippen LogP contribution in [0.5, 0.6) is 0 Å². The van der Waals surface area contributed by atoms with Crippen molar-refractivity contribution in [3.8, 4) is 0 Å². The average molecular weight is 429 g/mol. The van der Waals surface area contributed by atoms with Crippen molar-refractivity contribution < 1.29 is 19.1 Å². The lowest BCUT2D eigenvalue weighted by Gasteiger charge is -2.23. The van der Waals surface area contributed by atoms with Gasteiger partial charge in [0.1, 0.15) is 11.6 Å². The molecule has 1 aromatic heterocycles. The second kappa shape index (κ2) is 9.41. The first-order valence-corrected chi connectivity index (χ1v) is 10.7. The molecule has 1 aliphatic heterocycles. The summed E-state index contributed by atoms with van der Waals surface area (Å²) in [7, 11) is 1.94. The first kappa shape index (κ1) is 22.7. The van der Waals surface area contributed by atoms with Crippen LogP contribution in [0.1, 0.15) is 39.2 Å². The number of carbonyl (C=O) groups is 3. The van der Waals surface area contributed by atoms with Crippen molar-refractivity contribution in [3.05, 3.63) is 36.0 Å². The van der Waals surface area contributed by atoms with E-state index in [4.69, 9.17) is 4.74 Å². The summed E-state index contributed by atoms with van der Waals surface area (Å²) in [4.78, 5) is 39.4. The third-order valence-electron chi connectivity index (χ3n) is 5.28. The summed E-state index contributed by atoms with van der Waals surface area (Å²) in [5.41, 5.74) is 1.29. The van der Waals surface area contributed by atoms with Crippen LogP contribution < -0.4 is 10.6 Å². The zero-order valence-corrected chi connectivity index (χ0v) is 18.7. The minimum Gasteiger partial charge on any atom is -0.444 e. The van der Waals surface area contributed by atoms with E-state index in [1.165, 1.54) is 0 Å². The second-order valence-corrected chi connectivity index (χ2v) is 8.99. The Bertz CT molecular complexity index is 954. The molecular formula is C23H32N4O4. The molecule has 2 N–H and O–H groups in total. The van der Waals surface area contributed by atoms with E-state index in [0.29, 0.717) is 0 Å². The van der Waals surface area contributed by atoms with Gasteiger partial charge in [-0.1, -0.05) is 18.2 Å². The number of fused-ring (bicyclic) bond motifs is 1. The summed E-state index contributed by atoms with van der Waals surface area (Å²) in [6.07, 6.45) is 3.55. The standard InChI is InChI=1S/C23H32N4O4/c1-23(2,3)31-22(30)25-18(21(29)24-14-20(28)27-11-7-8-12-27)13-16-15-26(4)19-10-6-5-9-17(16)19/h5-6,9-10,15,18H,7-8,11-14H2,1-4H3,(H,24,29)(H,25,30)/t18-/m1/s1. The number of ether oxygens (including phenoxy) is 1. The molecule has 168 valence electrons. The molecule has 0 aliphatic carbocycles. The number of aryl methyl sites for hydroxylation is 1. The first-order valence-electron chi connectivity index (χ1n) is 10.7. The number of hydrogen-bond donors (Lipinski definition) is 2. The van der Waals surface area contributed by atoms with Crippen molar-refractivity contribution in [1.82, 2.24) is 20.1 Å². The number of alkyl carbamates (subject to hydrolysis) is 1. The third kappa shape index (κ3) is 5.99. The van der Waals surface area contributed by atoms with Gasteiger partial charge in [0.15, 0.2) is 0 Å². The van der Waals surface area contributed by atoms with E-state index in [0.717, 1.165) is 42.4 Å². The van der Waals surface area contributed by atoms with E-state index >= 15 is 0 Å². The number of rotatable bonds is 6. The molecule has 1 saturated heterocycles. The molecule has 2 heterocycles. The molecule has 1 aliphatic rings. The number of hydrogen-bond acceptors (Lipinski definition) is 4. The minimum atomic E-state index is -0.868. The third-order valence-corrected chi connectivity index (χ3v) is 5.28. The maximum absolute atomic E-state index is 13.0. The largest absolute Gasteiger partial charge is 0.444 e. The molecule has 31 heavy (non-hydrogen) atoms. The fraction of sp³-hybridized carbons (Fsp3) is 0.522. The normalized spacial score (nSPS) is 15.0. The van der Waals surface area contributed by atoms with E-state index in [-0.39, 0.29) is 18.9 Å². The predicted octanol–water partition coefficient (Wildman–Crippen LogP) is 2.35. The highest BCUT2D eigenvalue weighted by molar-refractivity contribution is 5.91. The molecule has 1 atom stereocenters. The predicted molar refractivity (Wildman–Crippen MR) is 119 cm³/mol. The van der Waals surface area contributed by atoms with Gasteiger partial charge in [-0.3, -0.25) is 9.59 Å². The van der Waals surface area contributed by atoms with Crippen LogP contribution in [0.3, 0.4) is 0 Å². The van der Waals surface area contributed by atoms with Crippen molar-refractivity contribution in [2.24, 2.45) is 7.05 Å². The molecule has 0 unspecified atom stereocenters. The van der Waals surface area contributed by atoms with Crippen LogP contribution in [-0.4, -0.2) is 58.7 Å². The Morgan fingerprint density at radius 1 is 1.13 bits per heavy atom. The Labute approximate surface area is 182 Å². The van der Waals surface area contributed by atoms with Crippen LogP contribution in [0.4, 0.5) is 4.79 Å². The van der Waals surface area contributed by atoms with Crippen LogP contribution in [0.2, 0.25) is 0 Å². The van der Waals surface area contributed by atoms with Crippen molar-refractivity contribution in [2.45, 2.75) is 51.7 Å². The number of benzene rings is 1. The van der Waals surface area contributed by atoms with E-state index in [1.54, 1.807) is 25.7 Å². The van der Waals surface area contributed by atoms with E-state index in [2.05, 4.69) is 10.6 Å². The molecular weight excluding hydrogens is 396 g/mol. The van der Waals surface area contributed by atoms with Crippen molar-refractivity contribution in [2.75, 3.05) is 19.6 Å². The molecule has 8 heteroatoms. The number of carbonyl (C=O) groups excluding carboxylic acids is 3. The molecule has 1 aromatic carbocycles. The number of nitrogens with zero attached hydrogens (tertiary/aromatic N) is 2. The fourth-order valence-electron chi connectivity index (χ4n) is 3.83. The fourth-order valence-corrected chi connectivity index (χ4v) is 3.83. The molecule has 1 fully saturated rings. The SMILES string of the molecule is Cn1cc(C[C@@H](NC(=O)OC(C)(C)C)C(=O)NCC(=O)N2CCCC2)c2ccccc21. The second-order valence-electron chi connectivity index (χ2n) is 8.99. The molecule has 3 rings (SSSR count). The minimum absolute atomic E-state index is 0.0825. The number of nitrogens with one attached hydrogen (secondary N) is 2. The number of amides is 3. The van der Waals surface area contributed by atoms with Gasteiger partial charge in [0.05, 0.1) is 6.54 Å². The smallest absolute Gasteiger partial charge is 0.408 e. The van der Waals surface area contributed by atoms with Crippen LogP contribution in [0, 0.1) is 0 Å². The van der Waals surface area contributed by atoms with E-state index in [9.17, 15) is 14.4 Å². The van der Waals surface area contributed by atoms with Gasteiger partial charge in [-0.15, -0.1) is 0 Å². The Kier molecular flexibility index (Phi) is 6.87. The summed E-state index contributed by atoms with van der Waals surface area (Å²) in [6.45, 7) is 6.67. The first-order chi connectivity index (χ1) is 14.6. The summed E-state index contributed by atoms with van der Waals surface area (Å²) in [6, 6.07) is 7.02. The average Bonchev–Trinajstić information content (AvgIpc) is 3.33. The molecule has 0 spiro atoms. The Balaban J connectivity index is 1.74. The molecule has 0 radical (unpaired) electrons. The topological polar surface area (TPSA) is 92.7 Å². The highest BCUT2D eigenvalue weighted by Crippen LogP contribution is 2.22. The lowest BCUT2D eigenvalue weighted by atomic mass is 10.0. The molecule has 0 saturated carbocycles. The number of para-hydroxylation sites is 1. The van der Waals surface area contributed by atoms with Crippen LogP contribution in [0.15, 0.2) is 30.5 Å². The number of likely N-dealkylation sites (tertiary alicyclic amines) is 1. The van der Waals surface area contributed by atoms with E-state index in [1.807, 2.05) is 42.1 Å². The van der Waals surface area contributed by atoms with Crippen LogP contribution in [0.25, 0.3) is 10.9 Å². The Hall–Kier alpha value is -3.03. The van der Waals surface area contributed by atoms with Gasteiger partial charge in [-0.25, -0.2) is 4.79 Å². The summed E-state index contributed by atoms with van der Waals surface area (Å²) < 4.78 is 7.34. The van der Waals surface area contributed by atoms with Crippen molar-refractivity contribution in [3.63, 3.8) is 0 Å². The van der Waals surface area contributed by atoms with Gasteiger partial charge >= 0.3 is 6.09 Å². The van der Waals surface area contributed by atoms with Crippen molar-refractivity contribution in [1.29, 1.82) is 0 Å². The zero-order valence-electron chi connectivity index (χ0n) is 18.7. The van der Waals surface area contributed by atoms with E-state index < -0.39 is 23.6 Å². The maximum atomic E-state index is 13.0. The van der Waals surface area contributed by atoms with Gasteiger partial charge in [0.2, 0.25) is 11.8 Å². The molecule has 8 nitrogen and oxygen atoms in total. The van der Waals surface area contributed by atoms with Gasteiger partial charge in [0.25, 0.3) is 0 Å². The number of aromatic nitrogens is 1. The summed E-state index contributed by atoms with van der Waals surface area (Å²) in [5, 5.41) is 6.39. The molecule has 2 aromatic rings. The highest BCUT2D eigenvalue weighted by Gasteiger charge is 2.27. The quantitative estimate of drug-likeness (QED) is 0.739. The van der Waals surface area contributed by atoms with Gasteiger partial charge in [0, 0.05) is 43.7 Å². The van der Waals surface area contributed by atoms with Crippen LogP contribution in [-0.2, 0) is 27.8 Å².